The number of carbonyl (C=O) groups excluding carboxylic acids is 8. The van der Waals surface area contributed by atoms with Gasteiger partial charge in [0.1, 0.15) is 17.9 Å². The Bertz CT molecular complexity index is 3630. The van der Waals surface area contributed by atoms with E-state index in [-0.39, 0.29) is 99.4 Å². The number of para-hydroxylation sites is 1. The molecule has 6 aromatic rings. The number of rotatable bonds is 26. The van der Waals surface area contributed by atoms with Crippen LogP contribution in [0.2, 0.25) is 0 Å². The number of nitrogens with two attached hydrogens (primary N) is 1. The van der Waals surface area contributed by atoms with Gasteiger partial charge in [-0.2, -0.15) is 0 Å². The summed E-state index contributed by atoms with van der Waals surface area (Å²) < 4.78 is 17.9. The normalized spacial score (nSPS) is 18.6. The van der Waals surface area contributed by atoms with E-state index in [1.54, 1.807) is 18.3 Å². The number of unbranched alkanes of at least 4 members (excludes halogenated alkanes) is 1. The number of fused-ring (bicyclic) bond motifs is 1. The fourth-order valence-electron chi connectivity index (χ4n) is 12.1. The van der Waals surface area contributed by atoms with Crippen LogP contribution in [0.5, 0.6) is 0 Å². The molecule has 4 aromatic carbocycles. The van der Waals surface area contributed by atoms with Gasteiger partial charge < -0.3 is 45.9 Å². The number of nitrogens with zero attached hydrogens (tertiary/aromatic N) is 3. The Kier molecular flexibility index (Phi) is 20.0. The number of β-amino-alcohol motifs (C(OH)–C–C–N with tert-alkyl or cyclic N) is 1. The number of aliphatic hydroxyl groups excluding tert-OH is 1. The van der Waals surface area contributed by atoms with Crippen molar-refractivity contribution in [2.24, 2.45) is 23.0 Å². The molecule has 8 N–H and O–H groups in total. The van der Waals surface area contributed by atoms with E-state index in [0.29, 0.717) is 42.3 Å². The third-order valence-electron chi connectivity index (χ3n) is 17.1. The van der Waals surface area contributed by atoms with Crippen LogP contribution < -0.4 is 21.3 Å². The summed E-state index contributed by atoms with van der Waals surface area (Å²) in [6.45, 7) is 9.94. The third kappa shape index (κ3) is 15.4. The van der Waals surface area contributed by atoms with Gasteiger partial charge in [0.05, 0.1) is 52.3 Å². The number of aromatic nitrogens is 2. The number of nitrogens with one attached hydrogen (secondary N) is 3. The van der Waals surface area contributed by atoms with E-state index in [1.165, 1.54) is 34.1 Å². The largest absolute Gasteiger partial charge is 0.396 e. The number of hydrogen-bond acceptors (Lipinski definition) is 13. The first-order valence-corrected chi connectivity index (χ1v) is 32.1. The lowest BCUT2D eigenvalue weighted by molar-refractivity contribution is -0.146. The van der Waals surface area contributed by atoms with Crippen molar-refractivity contribution in [2.45, 2.75) is 155 Å². The fourth-order valence-corrected chi connectivity index (χ4v) is 13.4. The second kappa shape index (κ2) is 27.3. The van der Waals surface area contributed by atoms with Crippen molar-refractivity contribution in [1.29, 1.82) is 0 Å². The number of likely N-dealkylation sites (tertiary alicyclic amines) is 1. The molecule has 9 rings (SSSR count). The average molecular weight is 1230 g/mol. The molecule has 5 heterocycles. The number of thiazole rings is 1. The van der Waals surface area contributed by atoms with E-state index < -0.39 is 78.3 Å². The zero-order chi connectivity index (χ0) is 62.5. The molecule has 2 aromatic heterocycles. The molecule has 22 heteroatoms. The molecular formula is C65H76N7O13PS. The highest BCUT2D eigenvalue weighted by Gasteiger charge is 2.46. The van der Waals surface area contributed by atoms with Crippen molar-refractivity contribution in [3.63, 3.8) is 0 Å². The van der Waals surface area contributed by atoms with Crippen LogP contribution in [0, 0.1) is 24.2 Å². The van der Waals surface area contributed by atoms with Gasteiger partial charge in [-0.3, -0.25) is 47.8 Å². The van der Waals surface area contributed by atoms with E-state index in [9.17, 15) is 57.8 Å². The minimum Gasteiger partial charge on any atom is -0.391 e. The van der Waals surface area contributed by atoms with E-state index in [0.717, 1.165) is 50.4 Å². The smallest absolute Gasteiger partial charge is 0.391 e. The Hall–Kier alpha value is -7.52. The number of benzene rings is 4. The molecule has 1 fully saturated rings. The summed E-state index contributed by atoms with van der Waals surface area (Å²) in [5.41, 5.74) is 13.0. The summed E-state index contributed by atoms with van der Waals surface area (Å²) in [5.74, 6) is -4.01. The number of ketones is 2. The monoisotopic (exact) mass is 1230 g/mol. The zero-order valence-corrected chi connectivity index (χ0v) is 51.3. The van der Waals surface area contributed by atoms with Gasteiger partial charge in [0, 0.05) is 79.9 Å². The number of H-pyrrole nitrogens is 1. The molecule has 0 unspecified atom stereocenters. The van der Waals surface area contributed by atoms with Gasteiger partial charge in [0.2, 0.25) is 29.5 Å². The van der Waals surface area contributed by atoms with Crippen LogP contribution in [-0.4, -0.2) is 113 Å². The summed E-state index contributed by atoms with van der Waals surface area (Å²) in [6.07, 6.45) is 1.94. The Morgan fingerprint density at radius 1 is 0.897 bits per heavy atom. The molecule has 3 aliphatic heterocycles. The number of aliphatic hydroxyl groups is 1. The number of aromatic amines is 1. The summed E-state index contributed by atoms with van der Waals surface area (Å²) >= 11 is 1.57. The SMILES string of the molecule is Cc1ncsc1-c1ccc(CNC(=O)[C@@H]2C[C@@H](O)CN2C(=O)[C@@H](CC(=O)CCCCc2ccc(CO[C@H](C)[C@H](CCC(N)=O)NC(=O)[C@@H]3Cc4cccc5c4N3C(=O)[C@@H](CC(=O)c3cc4cc(C(=O)P(=O)(O)O)ccc4[nH]3)CC5)cc2)C(C)(C)C)cc1. The molecule has 1 saturated heterocycles. The van der Waals surface area contributed by atoms with Gasteiger partial charge in [-0.25, -0.2) is 4.98 Å². The predicted molar refractivity (Wildman–Crippen MR) is 328 cm³/mol. The lowest BCUT2D eigenvalue weighted by Gasteiger charge is -2.34. The first-order chi connectivity index (χ1) is 41.3. The Balaban J connectivity index is 0.750. The van der Waals surface area contributed by atoms with Crippen molar-refractivity contribution in [2.75, 3.05) is 11.4 Å². The average Bonchev–Trinajstić information content (AvgIpc) is 2.15. The maximum atomic E-state index is 14.6. The number of ether oxygens (including phenoxy) is 1. The van der Waals surface area contributed by atoms with Crippen molar-refractivity contribution in [3.8, 4) is 10.4 Å². The molecule has 0 saturated carbocycles. The van der Waals surface area contributed by atoms with E-state index in [4.69, 9.17) is 10.5 Å². The van der Waals surface area contributed by atoms with Gasteiger partial charge in [0.15, 0.2) is 5.78 Å². The van der Waals surface area contributed by atoms with E-state index >= 15 is 0 Å². The molecule has 20 nitrogen and oxygen atoms in total. The molecule has 0 aliphatic carbocycles. The summed E-state index contributed by atoms with van der Waals surface area (Å²) in [4.78, 5) is 139. The van der Waals surface area contributed by atoms with Crippen LogP contribution >= 0.6 is 18.9 Å². The number of anilines is 1. The Morgan fingerprint density at radius 2 is 1.61 bits per heavy atom. The first-order valence-electron chi connectivity index (χ1n) is 29.6. The summed E-state index contributed by atoms with van der Waals surface area (Å²) in [5, 5.41) is 17.1. The Labute approximate surface area is 509 Å². The van der Waals surface area contributed by atoms with Crippen molar-refractivity contribution in [1.82, 2.24) is 25.5 Å². The van der Waals surface area contributed by atoms with Crippen LogP contribution in [-0.2, 0) is 70.5 Å². The van der Waals surface area contributed by atoms with E-state index in [1.807, 2.05) is 99.9 Å². The van der Waals surface area contributed by atoms with Crippen LogP contribution in [0.4, 0.5) is 5.69 Å². The highest BCUT2D eigenvalue weighted by molar-refractivity contribution is 7.70. The second-order valence-corrected chi connectivity index (χ2v) is 26.8. The number of aryl methyl sites for hydroxylation is 3. The number of primary amides is 1. The van der Waals surface area contributed by atoms with Crippen molar-refractivity contribution < 1.29 is 62.6 Å². The van der Waals surface area contributed by atoms with Crippen molar-refractivity contribution >= 4 is 82.1 Å². The highest BCUT2D eigenvalue weighted by atomic mass is 32.1. The quantitative estimate of drug-likeness (QED) is 0.0154. The van der Waals surface area contributed by atoms with Gasteiger partial charge in [-0.15, -0.1) is 11.3 Å². The van der Waals surface area contributed by atoms with E-state index in [2.05, 4.69) is 20.6 Å². The number of carbonyl (C=O) groups is 8. The maximum Gasteiger partial charge on any atom is 0.396 e. The molecule has 0 bridgehead atoms. The van der Waals surface area contributed by atoms with Gasteiger partial charge >= 0.3 is 7.60 Å². The molecule has 5 amide bonds. The third-order valence-corrected chi connectivity index (χ3v) is 18.8. The number of Topliss-reactive ketones (excluding diaryl/α,β-unsaturated/α-hetero) is 2. The lowest BCUT2D eigenvalue weighted by Crippen LogP contribution is -2.54. The number of hydrogen-bond donors (Lipinski definition) is 7. The van der Waals surface area contributed by atoms with Gasteiger partial charge in [-0.1, -0.05) is 87.5 Å². The van der Waals surface area contributed by atoms with Crippen LogP contribution in [0.15, 0.2) is 96.5 Å². The number of amides is 5. The summed E-state index contributed by atoms with van der Waals surface area (Å²) in [6, 6.07) is 24.4. The minimum atomic E-state index is -5.04. The lowest BCUT2D eigenvalue weighted by atomic mass is 9.76. The molecule has 0 spiro atoms. The molecule has 0 radical (unpaired) electrons. The first kappa shape index (κ1) is 64.0. The Morgan fingerprint density at radius 3 is 2.30 bits per heavy atom. The van der Waals surface area contributed by atoms with Crippen LogP contribution in [0.25, 0.3) is 21.3 Å². The van der Waals surface area contributed by atoms with Gasteiger partial charge in [0.25, 0.3) is 5.52 Å². The summed E-state index contributed by atoms with van der Waals surface area (Å²) in [7, 11) is -5.04. The standard InChI is InChI=1S/C65H76N7O13PS/c1-37-59(87-36-68-37)43-19-17-40(18-20-43)33-67-60(77)54-32-49(74)34-71(54)63(80)50(65(3,4)5)31-48(73)12-7-6-9-39-13-15-41(16-14-39)35-85-38(2)51(25-26-57(66)76)70-61(78)55-29-44-11-8-10-42-21-22-45(62(79)72(55)58(42)44)30-56(75)53-28-47-27-46(23-24-52(47)69-53)64(81)86(82,83)84/h8,10-11,13-20,23-24,27-28,36,38,45,49-51,54-55,69,74H,6-7,9,12,21-22,25-26,29-35H2,1-5H3,(H2,66,76)(H,67,77)(H,70,78)(H2,82,83,84)/t38-,45-,49-,50-,51+,54+,55+/m1/s1. The molecule has 7 atom stereocenters. The maximum absolute atomic E-state index is 14.6. The molecule has 87 heavy (non-hydrogen) atoms. The fraction of sp³-hybridized carbons (Fsp3) is 0.431. The van der Waals surface area contributed by atoms with Crippen LogP contribution in [0.1, 0.15) is 140 Å². The molecule has 3 aliphatic rings. The minimum absolute atomic E-state index is 0.0129. The molecular weight excluding hydrogens is 1150 g/mol. The topological polar surface area (TPSA) is 309 Å². The highest BCUT2D eigenvalue weighted by Crippen LogP contribution is 2.43. The van der Waals surface area contributed by atoms with Crippen LogP contribution in [0.3, 0.4) is 0 Å². The van der Waals surface area contributed by atoms with Gasteiger partial charge in [-0.05, 0) is 115 Å². The predicted octanol–water partition coefficient (Wildman–Crippen LogP) is 7.98. The second-order valence-electron chi connectivity index (χ2n) is 24.4. The molecule has 460 valence electrons. The zero-order valence-electron chi connectivity index (χ0n) is 49.6. The van der Waals surface area contributed by atoms with Crippen molar-refractivity contribution in [3.05, 3.63) is 141 Å².